The van der Waals surface area contributed by atoms with Gasteiger partial charge in [-0.05, 0) is 30.9 Å². The second-order valence-electron chi connectivity index (χ2n) is 8.30. The molecule has 0 saturated carbocycles. The number of unbranched alkanes of at least 4 members (excludes halogenated alkanes) is 1. The van der Waals surface area contributed by atoms with Crippen LogP contribution in [0.2, 0.25) is 0 Å². The average Bonchev–Trinajstić information content (AvgIpc) is 3.38. The van der Waals surface area contributed by atoms with Gasteiger partial charge >= 0.3 is 0 Å². The number of nitrogens with zero attached hydrogens (tertiary/aromatic N) is 2. The van der Waals surface area contributed by atoms with Crippen molar-refractivity contribution in [3.8, 4) is 0 Å². The largest absolute Gasteiger partial charge is 0.373 e. The maximum absolute atomic E-state index is 13.6. The van der Waals surface area contributed by atoms with Crippen LogP contribution >= 0.6 is 0 Å². The van der Waals surface area contributed by atoms with Gasteiger partial charge in [0.1, 0.15) is 6.04 Å². The molecule has 2 aromatic rings. The van der Waals surface area contributed by atoms with Crippen molar-refractivity contribution in [2.75, 3.05) is 11.9 Å². The van der Waals surface area contributed by atoms with E-state index in [1.807, 2.05) is 11.0 Å². The summed E-state index contributed by atoms with van der Waals surface area (Å²) in [6.45, 7) is 3.66. The van der Waals surface area contributed by atoms with Gasteiger partial charge in [-0.25, -0.2) is 0 Å². The predicted octanol–water partition coefficient (Wildman–Crippen LogP) is 3.79. The monoisotopic (exact) mass is 376 g/mol. The lowest BCUT2D eigenvalue weighted by Crippen LogP contribution is -2.50. The average molecular weight is 377 g/mol. The van der Waals surface area contributed by atoms with Crippen LogP contribution in [0.1, 0.15) is 54.6 Å². The van der Waals surface area contributed by atoms with Crippen molar-refractivity contribution in [1.29, 1.82) is 0 Å². The van der Waals surface area contributed by atoms with E-state index in [1.54, 1.807) is 0 Å². The maximum Gasteiger partial charge on any atom is 0.245 e. The number of H-pyrrole nitrogens is 1. The zero-order chi connectivity index (χ0) is 19.1. The molecule has 0 unspecified atom stereocenters. The van der Waals surface area contributed by atoms with E-state index in [0.29, 0.717) is 18.4 Å². The second kappa shape index (κ2) is 7.12. The summed E-state index contributed by atoms with van der Waals surface area (Å²) in [5.74, 6) is 0.898. The van der Waals surface area contributed by atoms with Crippen LogP contribution in [0.3, 0.4) is 0 Å². The van der Waals surface area contributed by atoms with E-state index in [9.17, 15) is 4.79 Å². The van der Waals surface area contributed by atoms with Crippen LogP contribution in [0.15, 0.2) is 36.4 Å². The van der Waals surface area contributed by atoms with Crippen molar-refractivity contribution in [3.05, 3.63) is 58.9 Å². The Morgan fingerprint density at radius 1 is 1.32 bits per heavy atom. The highest BCUT2D eigenvalue weighted by molar-refractivity contribution is 5.87. The second-order valence-corrected chi connectivity index (χ2v) is 8.30. The molecular weight excluding hydrogens is 348 g/mol. The summed E-state index contributed by atoms with van der Waals surface area (Å²) in [5, 5.41) is 11.3. The van der Waals surface area contributed by atoms with Crippen molar-refractivity contribution < 1.29 is 4.79 Å². The number of nitrogens with one attached hydrogen (secondary N) is 2. The molecule has 1 aliphatic carbocycles. The first kappa shape index (κ1) is 17.5. The smallest absolute Gasteiger partial charge is 0.245 e. The van der Waals surface area contributed by atoms with Gasteiger partial charge in [-0.2, -0.15) is 5.10 Å². The molecule has 5 rings (SSSR count). The number of aromatic amines is 1. The molecule has 28 heavy (non-hydrogen) atoms. The van der Waals surface area contributed by atoms with E-state index in [4.69, 9.17) is 0 Å². The zero-order valence-corrected chi connectivity index (χ0v) is 16.4. The van der Waals surface area contributed by atoms with Crippen molar-refractivity contribution in [3.63, 3.8) is 0 Å². The molecule has 0 fully saturated rings. The van der Waals surface area contributed by atoms with Gasteiger partial charge in [0.25, 0.3) is 0 Å². The Morgan fingerprint density at radius 3 is 3.11 bits per heavy atom. The van der Waals surface area contributed by atoms with Gasteiger partial charge in [0.15, 0.2) is 0 Å². The summed E-state index contributed by atoms with van der Waals surface area (Å²) >= 11 is 0. The van der Waals surface area contributed by atoms with Gasteiger partial charge < -0.3 is 10.2 Å². The number of amides is 1. The molecule has 2 N–H and O–H groups in total. The maximum atomic E-state index is 13.6. The molecule has 0 bridgehead atoms. The first-order valence-electron chi connectivity index (χ1n) is 10.6. The number of benzene rings is 1. The summed E-state index contributed by atoms with van der Waals surface area (Å²) in [6.07, 6.45) is 9.66. The third-order valence-corrected chi connectivity index (χ3v) is 6.64. The third kappa shape index (κ3) is 2.84. The number of aryl methyl sites for hydroxylation is 1. The van der Waals surface area contributed by atoms with Crippen LogP contribution in [0.5, 0.6) is 0 Å². The molecule has 0 radical (unpaired) electrons. The Balaban J connectivity index is 1.38. The molecule has 1 aromatic carbocycles. The molecule has 5 heteroatoms. The number of fused-ring (bicyclic) bond motifs is 4. The van der Waals surface area contributed by atoms with Crippen LogP contribution < -0.4 is 5.32 Å². The molecule has 146 valence electrons. The Hall–Kier alpha value is -2.56. The lowest BCUT2D eigenvalue weighted by Gasteiger charge is -2.39. The zero-order valence-electron chi connectivity index (χ0n) is 16.4. The number of carbonyl (C=O) groups excluding carboxylic acids is 1. The van der Waals surface area contributed by atoms with Crippen molar-refractivity contribution in [2.24, 2.45) is 5.92 Å². The molecule has 0 spiro atoms. The Labute approximate surface area is 166 Å². The van der Waals surface area contributed by atoms with Crippen molar-refractivity contribution in [2.45, 2.75) is 57.5 Å². The number of anilines is 1. The van der Waals surface area contributed by atoms with Gasteiger partial charge in [0.05, 0.1) is 5.69 Å². The lowest BCUT2D eigenvalue weighted by molar-refractivity contribution is -0.134. The van der Waals surface area contributed by atoms with E-state index in [1.165, 1.54) is 16.8 Å². The molecule has 5 nitrogen and oxygen atoms in total. The van der Waals surface area contributed by atoms with Crippen LogP contribution in [-0.4, -0.2) is 33.6 Å². The van der Waals surface area contributed by atoms with Crippen LogP contribution in [0, 0.1) is 5.92 Å². The summed E-state index contributed by atoms with van der Waals surface area (Å²) in [6, 6.07) is 8.28. The molecule has 3 heterocycles. The summed E-state index contributed by atoms with van der Waals surface area (Å²) in [4.78, 5) is 15.6. The fraction of sp³-hybridized carbons (Fsp3) is 0.478. The molecule has 2 aliphatic heterocycles. The molecule has 1 amide bonds. The van der Waals surface area contributed by atoms with Crippen molar-refractivity contribution >= 4 is 11.6 Å². The number of rotatable bonds is 4. The van der Waals surface area contributed by atoms with Gasteiger partial charge in [-0.15, -0.1) is 0 Å². The summed E-state index contributed by atoms with van der Waals surface area (Å²) < 4.78 is 0. The first-order valence-corrected chi connectivity index (χ1v) is 10.6. The third-order valence-electron chi connectivity index (χ3n) is 6.64. The van der Waals surface area contributed by atoms with Gasteiger partial charge in [0, 0.05) is 48.3 Å². The van der Waals surface area contributed by atoms with E-state index < -0.39 is 0 Å². The standard InChI is InChI=1S/C23H28N4O/c1-2-3-10-20-18-14-27(13-12-21(18)26-25-20)23(28)22-17-9-6-8-15(17)16-7-4-5-11-19(16)24-22/h4-8,11,15,17,22,24H,2-3,9-10,12-14H2,1H3,(H,25,26)/t15-,17-,22-/m0/s1. The Bertz CT molecular complexity index is 915. The molecule has 3 aliphatic rings. The normalized spacial score (nSPS) is 25.0. The number of para-hydroxylation sites is 1. The summed E-state index contributed by atoms with van der Waals surface area (Å²) in [7, 11) is 0. The summed E-state index contributed by atoms with van der Waals surface area (Å²) in [5.41, 5.74) is 6.06. The highest BCUT2D eigenvalue weighted by Crippen LogP contribution is 2.45. The predicted molar refractivity (Wildman–Crippen MR) is 110 cm³/mol. The van der Waals surface area contributed by atoms with E-state index >= 15 is 0 Å². The van der Waals surface area contributed by atoms with E-state index in [2.05, 4.69) is 52.8 Å². The van der Waals surface area contributed by atoms with Crippen LogP contribution in [-0.2, 0) is 24.2 Å². The van der Waals surface area contributed by atoms with Gasteiger partial charge in [-0.3, -0.25) is 9.89 Å². The topological polar surface area (TPSA) is 61.0 Å². The number of carbonyl (C=O) groups is 1. The fourth-order valence-electron chi connectivity index (χ4n) is 5.08. The first-order chi connectivity index (χ1) is 13.8. The van der Waals surface area contributed by atoms with Gasteiger partial charge in [0.2, 0.25) is 5.91 Å². The van der Waals surface area contributed by atoms with Crippen molar-refractivity contribution in [1.82, 2.24) is 15.1 Å². The molecule has 3 atom stereocenters. The quantitative estimate of drug-likeness (QED) is 0.798. The number of allylic oxidation sites excluding steroid dienone is 2. The van der Waals surface area contributed by atoms with Gasteiger partial charge in [-0.1, -0.05) is 43.7 Å². The lowest BCUT2D eigenvalue weighted by atomic mass is 9.79. The highest BCUT2D eigenvalue weighted by atomic mass is 16.2. The highest BCUT2D eigenvalue weighted by Gasteiger charge is 2.42. The minimum absolute atomic E-state index is 0.151. The minimum Gasteiger partial charge on any atom is -0.373 e. The molecular formula is C23H28N4O. The molecule has 1 aromatic heterocycles. The Kier molecular flexibility index (Phi) is 4.46. The number of hydrogen-bond acceptors (Lipinski definition) is 3. The van der Waals surface area contributed by atoms with Crippen LogP contribution in [0.25, 0.3) is 0 Å². The minimum atomic E-state index is -0.151. The van der Waals surface area contributed by atoms with E-state index in [0.717, 1.165) is 50.0 Å². The fourth-order valence-corrected chi connectivity index (χ4v) is 5.08. The SMILES string of the molecule is CCCCc1n[nH]c2c1CN(C(=O)[C@H]1Nc3ccccc3[C@@H]3C=CC[C@H]13)CC2. The van der Waals surface area contributed by atoms with Crippen LogP contribution in [0.4, 0.5) is 5.69 Å². The Morgan fingerprint density at radius 2 is 2.21 bits per heavy atom. The number of aromatic nitrogens is 2. The van der Waals surface area contributed by atoms with E-state index in [-0.39, 0.29) is 11.9 Å². The molecule has 0 saturated heterocycles. The number of hydrogen-bond donors (Lipinski definition) is 2.